The maximum atomic E-state index is 13.4. The third-order valence-corrected chi connectivity index (χ3v) is 4.53. The fraction of sp³-hybridized carbons (Fsp3) is 0.125. The number of hydrogen-bond acceptors (Lipinski definition) is 5. The Morgan fingerprint density at radius 1 is 1.24 bits per heavy atom. The van der Waals surface area contributed by atoms with Crippen molar-refractivity contribution in [1.82, 2.24) is 24.5 Å². The maximum Gasteiger partial charge on any atom is 0.277 e. The lowest BCUT2D eigenvalue weighted by molar-refractivity contribution is 0.102. The lowest BCUT2D eigenvalue weighted by Gasteiger charge is -2.04. The number of aromatic nitrogens is 5. The van der Waals surface area contributed by atoms with Gasteiger partial charge in [0.25, 0.3) is 5.91 Å². The number of benzene rings is 1. The zero-order chi connectivity index (χ0) is 17.6. The molecule has 1 aromatic carbocycles. The first-order valence-electron chi connectivity index (χ1n) is 7.44. The Morgan fingerprint density at radius 3 is 2.84 bits per heavy atom. The molecule has 9 heteroatoms. The Kier molecular flexibility index (Phi) is 3.57. The lowest BCUT2D eigenvalue weighted by Crippen LogP contribution is -2.16. The van der Waals surface area contributed by atoms with E-state index in [2.05, 4.69) is 20.5 Å². The Bertz CT molecular complexity index is 1100. The largest absolute Gasteiger partial charge is 0.305 e. The Labute approximate surface area is 145 Å². The number of carbonyl (C=O) groups excluding carboxylic acids is 1. The molecule has 3 aromatic heterocycles. The van der Waals surface area contributed by atoms with Crippen LogP contribution >= 0.6 is 11.3 Å². The van der Waals surface area contributed by atoms with Crippen LogP contribution in [-0.2, 0) is 7.05 Å². The molecule has 0 aliphatic rings. The van der Waals surface area contributed by atoms with E-state index in [1.54, 1.807) is 40.8 Å². The standard InChI is InChI=1S/C16H13FN6OS/c1-9-7-14(19-15(24)12-5-6-22(2)21-12)23(20-9)16-18-11-4-3-10(17)8-13(11)25-16/h3-8H,1-2H3,(H,19,24). The van der Waals surface area contributed by atoms with Crippen molar-refractivity contribution in [2.45, 2.75) is 6.92 Å². The second kappa shape index (κ2) is 5.78. The predicted molar refractivity (Wildman–Crippen MR) is 92.6 cm³/mol. The molecule has 7 nitrogen and oxygen atoms in total. The first-order valence-corrected chi connectivity index (χ1v) is 8.25. The van der Waals surface area contributed by atoms with Gasteiger partial charge in [-0.25, -0.2) is 9.37 Å². The van der Waals surface area contributed by atoms with Gasteiger partial charge >= 0.3 is 0 Å². The maximum absolute atomic E-state index is 13.4. The van der Waals surface area contributed by atoms with Crippen LogP contribution in [0.15, 0.2) is 36.5 Å². The number of halogens is 1. The molecule has 0 spiro atoms. The first kappa shape index (κ1) is 15.5. The number of carbonyl (C=O) groups is 1. The van der Waals surface area contributed by atoms with E-state index in [4.69, 9.17) is 0 Å². The van der Waals surface area contributed by atoms with Crippen LogP contribution in [0, 0.1) is 12.7 Å². The highest BCUT2D eigenvalue weighted by atomic mass is 32.1. The SMILES string of the molecule is Cc1cc(NC(=O)c2ccn(C)n2)n(-c2nc3ccc(F)cc3s2)n1. The van der Waals surface area contributed by atoms with Crippen molar-refractivity contribution < 1.29 is 9.18 Å². The van der Waals surface area contributed by atoms with Gasteiger partial charge in [0.05, 0.1) is 15.9 Å². The van der Waals surface area contributed by atoms with Crippen molar-refractivity contribution in [2.75, 3.05) is 5.32 Å². The van der Waals surface area contributed by atoms with Crippen LogP contribution in [0.5, 0.6) is 0 Å². The molecule has 0 aliphatic carbocycles. The van der Waals surface area contributed by atoms with Crippen LogP contribution in [0.25, 0.3) is 15.3 Å². The highest BCUT2D eigenvalue weighted by Crippen LogP contribution is 2.28. The van der Waals surface area contributed by atoms with Crippen molar-refractivity contribution in [3.8, 4) is 5.13 Å². The average molecular weight is 356 g/mol. The predicted octanol–water partition coefficient (Wildman–Crippen LogP) is 2.92. The summed E-state index contributed by atoms with van der Waals surface area (Å²) < 4.78 is 17.2. The van der Waals surface area contributed by atoms with Gasteiger partial charge in [-0.05, 0) is 31.2 Å². The summed E-state index contributed by atoms with van der Waals surface area (Å²) in [7, 11) is 1.74. The van der Waals surface area contributed by atoms with Crippen molar-refractivity contribution in [3.05, 3.63) is 53.7 Å². The van der Waals surface area contributed by atoms with Crippen LogP contribution in [0.4, 0.5) is 10.2 Å². The normalized spacial score (nSPS) is 11.2. The van der Waals surface area contributed by atoms with E-state index >= 15 is 0 Å². The van der Waals surface area contributed by atoms with Gasteiger partial charge in [0, 0.05) is 19.3 Å². The summed E-state index contributed by atoms with van der Waals surface area (Å²) >= 11 is 1.30. The fourth-order valence-electron chi connectivity index (χ4n) is 2.43. The van der Waals surface area contributed by atoms with Gasteiger partial charge in [-0.3, -0.25) is 9.48 Å². The van der Waals surface area contributed by atoms with Crippen LogP contribution in [0.1, 0.15) is 16.2 Å². The summed E-state index contributed by atoms with van der Waals surface area (Å²) in [5.74, 6) is -0.176. The lowest BCUT2D eigenvalue weighted by atomic mass is 10.3. The minimum atomic E-state index is -0.339. The summed E-state index contributed by atoms with van der Waals surface area (Å²) in [5, 5.41) is 11.8. The van der Waals surface area contributed by atoms with E-state index in [9.17, 15) is 9.18 Å². The molecule has 1 amide bonds. The minimum absolute atomic E-state index is 0.305. The summed E-state index contributed by atoms with van der Waals surface area (Å²) in [5.41, 5.74) is 1.71. The monoisotopic (exact) mass is 356 g/mol. The number of rotatable bonds is 3. The molecule has 0 bridgehead atoms. The van der Waals surface area contributed by atoms with E-state index < -0.39 is 0 Å². The molecule has 1 N–H and O–H groups in total. The third kappa shape index (κ3) is 2.89. The second-order valence-electron chi connectivity index (χ2n) is 5.52. The number of amides is 1. The van der Waals surface area contributed by atoms with Gasteiger partial charge in [0.2, 0.25) is 5.13 Å². The van der Waals surface area contributed by atoms with Crippen molar-refractivity contribution in [2.24, 2.45) is 7.05 Å². The molecule has 0 saturated heterocycles. The molecule has 3 heterocycles. The first-order chi connectivity index (χ1) is 12.0. The van der Waals surface area contributed by atoms with Gasteiger partial charge in [-0.1, -0.05) is 11.3 Å². The van der Waals surface area contributed by atoms with Gasteiger partial charge in [-0.2, -0.15) is 14.9 Å². The Morgan fingerprint density at radius 2 is 2.08 bits per heavy atom. The molecule has 126 valence electrons. The molecule has 0 radical (unpaired) electrons. The van der Waals surface area contributed by atoms with Crippen LogP contribution in [0.2, 0.25) is 0 Å². The molecular formula is C16H13FN6OS. The molecule has 0 atom stereocenters. The molecule has 4 rings (SSSR count). The van der Waals surface area contributed by atoms with E-state index in [1.165, 1.54) is 23.5 Å². The topological polar surface area (TPSA) is 77.6 Å². The fourth-order valence-corrected chi connectivity index (χ4v) is 3.38. The molecule has 0 aliphatic heterocycles. The van der Waals surface area contributed by atoms with Crippen LogP contribution < -0.4 is 5.32 Å². The average Bonchev–Trinajstić information content (AvgIpc) is 3.25. The number of thiazole rings is 1. The van der Waals surface area contributed by atoms with E-state index in [0.717, 1.165) is 5.69 Å². The minimum Gasteiger partial charge on any atom is -0.305 e. The van der Waals surface area contributed by atoms with Gasteiger partial charge in [0.15, 0.2) is 5.69 Å². The van der Waals surface area contributed by atoms with Crippen LogP contribution in [-0.4, -0.2) is 30.5 Å². The van der Waals surface area contributed by atoms with Crippen molar-refractivity contribution in [1.29, 1.82) is 0 Å². The van der Waals surface area contributed by atoms with Gasteiger partial charge in [0.1, 0.15) is 11.6 Å². The van der Waals surface area contributed by atoms with Crippen molar-refractivity contribution >= 4 is 33.3 Å². The van der Waals surface area contributed by atoms with E-state index in [-0.39, 0.29) is 11.7 Å². The number of nitrogens with one attached hydrogen (secondary N) is 1. The number of aryl methyl sites for hydroxylation is 2. The molecule has 0 unspecified atom stereocenters. The van der Waals surface area contributed by atoms with Gasteiger partial charge < -0.3 is 5.32 Å². The number of fused-ring (bicyclic) bond motifs is 1. The third-order valence-electron chi connectivity index (χ3n) is 3.54. The quantitative estimate of drug-likeness (QED) is 0.612. The molecule has 0 saturated carbocycles. The van der Waals surface area contributed by atoms with E-state index in [0.29, 0.717) is 26.9 Å². The Hall–Kier alpha value is -3.07. The highest BCUT2D eigenvalue weighted by molar-refractivity contribution is 7.20. The highest BCUT2D eigenvalue weighted by Gasteiger charge is 2.16. The van der Waals surface area contributed by atoms with E-state index in [1.807, 2.05) is 6.92 Å². The molecule has 4 aromatic rings. The van der Waals surface area contributed by atoms with Gasteiger partial charge in [-0.15, -0.1) is 0 Å². The Balaban J connectivity index is 1.71. The summed E-state index contributed by atoms with van der Waals surface area (Å²) in [4.78, 5) is 16.8. The zero-order valence-corrected chi connectivity index (χ0v) is 14.2. The van der Waals surface area contributed by atoms with Crippen LogP contribution in [0.3, 0.4) is 0 Å². The van der Waals surface area contributed by atoms with Crippen molar-refractivity contribution in [3.63, 3.8) is 0 Å². The summed E-state index contributed by atoms with van der Waals surface area (Å²) in [6, 6.07) is 7.78. The zero-order valence-electron chi connectivity index (χ0n) is 13.4. The summed E-state index contributed by atoms with van der Waals surface area (Å²) in [6.07, 6.45) is 1.69. The molecule has 0 fully saturated rings. The second-order valence-corrected chi connectivity index (χ2v) is 6.53. The number of hydrogen-bond donors (Lipinski definition) is 1. The molecule has 25 heavy (non-hydrogen) atoms. The summed E-state index contributed by atoms with van der Waals surface area (Å²) in [6.45, 7) is 1.82. The molecular weight excluding hydrogens is 343 g/mol. The smallest absolute Gasteiger partial charge is 0.277 e. The number of nitrogens with zero attached hydrogens (tertiary/aromatic N) is 5. The number of anilines is 1.